The Morgan fingerprint density at radius 1 is 1.25 bits per heavy atom. The summed E-state index contributed by atoms with van der Waals surface area (Å²) in [6, 6.07) is 0. The molecule has 116 valence electrons. The summed E-state index contributed by atoms with van der Waals surface area (Å²) in [7, 11) is 0. The van der Waals surface area contributed by atoms with Crippen LogP contribution < -0.4 is 10.6 Å². The number of nitrogens with zero attached hydrogens (tertiary/aromatic N) is 1. The van der Waals surface area contributed by atoms with Gasteiger partial charge in [0, 0.05) is 32.6 Å². The molecular formula is C15H29N3O2. The fraction of sp³-hybridized carbons (Fsp3) is 0.867. The molecule has 1 aliphatic rings. The number of rotatable bonds is 8. The molecule has 0 saturated carbocycles. The van der Waals surface area contributed by atoms with E-state index >= 15 is 0 Å². The third kappa shape index (κ3) is 4.20. The van der Waals surface area contributed by atoms with Gasteiger partial charge in [-0.2, -0.15) is 0 Å². The van der Waals surface area contributed by atoms with Crippen molar-refractivity contribution in [1.82, 2.24) is 15.5 Å². The summed E-state index contributed by atoms with van der Waals surface area (Å²) in [5.74, 6) is 0.223. The fourth-order valence-corrected chi connectivity index (χ4v) is 2.95. The van der Waals surface area contributed by atoms with E-state index in [1.165, 1.54) is 0 Å². The standard InChI is InChI=1S/C15H29N3O2/c1-4-8-15(9-11-16-12-15)14(20)17-10-7-13(19)18(5-2)6-3/h16H,4-12H2,1-3H3,(H,17,20). The van der Waals surface area contributed by atoms with Crippen LogP contribution in [0.4, 0.5) is 0 Å². The zero-order valence-corrected chi connectivity index (χ0v) is 13.1. The van der Waals surface area contributed by atoms with E-state index in [1.54, 1.807) is 4.90 Å². The SMILES string of the molecule is CCCC1(C(=O)NCCC(=O)N(CC)CC)CCNC1. The zero-order valence-electron chi connectivity index (χ0n) is 13.1. The van der Waals surface area contributed by atoms with E-state index in [-0.39, 0.29) is 17.2 Å². The lowest BCUT2D eigenvalue weighted by Crippen LogP contribution is -2.44. The minimum Gasteiger partial charge on any atom is -0.355 e. The summed E-state index contributed by atoms with van der Waals surface area (Å²) in [5, 5.41) is 6.24. The van der Waals surface area contributed by atoms with Crippen LogP contribution in [0.3, 0.4) is 0 Å². The lowest BCUT2D eigenvalue weighted by Gasteiger charge is -2.26. The van der Waals surface area contributed by atoms with Gasteiger partial charge in [-0.1, -0.05) is 13.3 Å². The molecular weight excluding hydrogens is 254 g/mol. The van der Waals surface area contributed by atoms with Gasteiger partial charge < -0.3 is 15.5 Å². The van der Waals surface area contributed by atoms with Crippen molar-refractivity contribution in [2.24, 2.45) is 5.41 Å². The van der Waals surface area contributed by atoms with Crippen LogP contribution >= 0.6 is 0 Å². The molecule has 0 aromatic rings. The molecule has 0 radical (unpaired) electrons. The first-order chi connectivity index (χ1) is 9.59. The van der Waals surface area contributed by atoms with Crippen molar-refractivity contribution < 1.29 is 9.59 Å². The van der Waals surface area contributed by atoms with E-state index in [4.69, 9.17) is 0 Å². The van der Waals surface area contributed by atoms with Gasteiger partial charge in [0.05, 0.1) is 5.41 Å². The van der Waals surface area contributed by atoms with Gasteiger partial charge in [0.2, 0.25) is 11.8 Å². The van der Waals surface area contributed by atoms with E-state index in [0.29, 0.717) is 13.0 Å². The molecule has 1 aliphatic heterocycles. The lowest BCUT2D eigenvalue weighted by molar-refractivity contribution is -0.132. The number of carbonyl (C=O) groups excluding carboxylic acids is 2. The number of hydrogen-bond acceptors (Lipinski definition) is 3. The first-order valence-electron chi connectivity index (χ1n) is 7.86. The molecule has 0 aromatic heterocycles. The summed E-state index contributed by atoms with van der Waals surface area (Å²) >= 11 is 0. The van der Waals surface area contributed by atoms with Crippen molar-refractivity contribution in [1.29, 1.82) is 0 Å². The van der Waals surface area contributed by atoms with E-state index in [2.05, 4.69) is 17.6 Å². The summed E-state index contributed by atoms with van der Waals surface area (Å²) < 4.78 is 0. The minimum absolute atomic E-state index is 0.108. The maximum atomic E-state index is 12.4. The Labute approximate surface area is 122 Å². The largest absolute Gasteiger partial charge is 0.355 e. The quantitative estimate of drug-likeness (QED) is 0.702. The minimum atomic E-state index is -0.257. The van der Waals surface area contributed by atoms with Crippen molar-refractivity contribution in [3.8, 4) is 0 Å². The van der Waals surface area contributed by atoms with Crippen LogP contribution in [0.1, 0.15) is 46.5 Å². The van der Waals surface area contributed by atoms with E-state index in [0.717, 1.165) is 45.4 Å². The highest BCUT2D eigenvalue weighted by atomic mass is 16.2. The third-order valence-corrected chi connectivity index (χ3v) is 4.19. The molecule has 1 unspecified atom stereocenters. The summed E-state index contributed by atoms with van der Waals surface area (Å²) in [4.78, 5) is 26.0. The molecule has 2 amide bonds. The second-order valence-electron chi connectivity index (χ2n) is 5.53. The lowest BCUT2D eigenvalue weighted by atomic mass is 9.81. The van der Waals surface area contributed by atoms with Gasteiger partial charge in [0.25, 0.3) is 0 Å². The molecule has 5 nitrogen and oxygen atoms in total. The average molecular weight is 283 g/mol. The number of amides is 2. The maximum absolute atomic E-state index is 12.4. The van der Waals surface area contributed by atoms with Gasteiger partial charge in [-0.3, -0.25) is 9.59 Å². The Bertz CT molecular complexity index is 321. The van der Waals surface area contributed by atoms with E-state index in [1.807, 2.05) is 13.8 Å². The highest BCUT2D eigenvalue weighted by Gasteiger charge is 2.39. The molecule has 20 heavy (non-hydrogen) atoms. The van der Waals surface area contributed by atoms with Crippen LogP contribution in [0.25, 0.3) is 0 Å². The highest BCUT2D eigenvalue weighted by molar-refractivity contribution is 5.84. The number of hydrogen-bond donors (Lipinski definition) is 2. The fourth-order valence-electron chi connectivity index (χ4n) is 2.95. The molecule has 1 saturated heterocycles. The predicted molar refractivity (Wildman–Crippen MR) is 80.4 cm³/mol. The van der Waals surface area contributed by atoms with Crippen LogP contribution in [0.15, 0.2) is 0 Å². The van der Waals surface area contributed by atoms with Crippen LogP contribution in [0.2, 0.25) is 0 Å². The van der Waals surface area contributed by atoms with Gasteiger partial charge in [0.1, 0.15) is 0 Å². The Hall–Kier alpha value is -1.10. The monoisotopic (exact) mass is 283 g/mol. The number of nitrogens with one attached hydrogen (secondary N) is 2. The van der Waals surface area contributed by atoms with E-state index < -0.39 is 0 Å². The van der Waals surface area contributed by atoms with Gasteiger partial charge in [0.15, 0.2) is 0 Å². The summed E-state index contributed by atoms with van der Waals surface area (Å²) in [5.41, 5.74) is -0.257. The van der Waals surface area contributed by atoms with Crippen molar-refractivity contribution in [2.45, 2.75) is 46.5 Å². The van der Waals surface area contributed by atoms with Crippen molar-refractivity contribution in [3.05, 3.63) is 0 Å². The molecule has 0 aliphatic carbocycles. The maximum Gasteiger partial charge on any atom is 0.227 e. The smallest absolute Gasteiger partial charge is 0.227 e. The summed E-state index contributed by atoms with van der Waals surface area (Å²) in [6.45, 7) is 9.63. The van der Waals surface area contributed by atoms with Gasteiger partial charge in [-0.25, -0.2) is 0 Å². The molecule has 0 aromatic carbocycles. The topological polar surface area (TPSA) is 61.4 Å². The van der Waals surface area contributed by atoms with Crippen molar-refractivity contribution >= 4 is 11.8 Å². The van der Waals surface area contributed by atoms with Crippen LogP contribution in [-0.2, 0) is 9.59 Å². The molecule has 0 spiro atoms. The van der Waals surface area contributed by atoms with Gasteiger partial charge in [-0.05, 0) is 33.2 Å². The van der Waals surface area contributed by atoms with Gasteiger partial charge in [-0.15, -0.1) is 0 Å². The molecule has 2 N–H and O–H groups in total. The Morgan fingerprint density at radius 3 is 2.45 bits per heavy atom. The predicted octanol–water partition coefficient (Wildman–Crippen LogP) is 1.14. The Kier molecular flexibility index (Phi) is 6.99. The summed E-state index contributed by atoms with van der Waals surface area (Å²) in [6.07, 6.45) is 3.21. The third-order valence-electron chi connectivity index (χ3n) is 4.19. The Morgan fingerprint density at radius 2 is 1.95 bits per heavy atom. The second-order valence-corrected chi connectivity index (χ2v) is 5.53. The molecule has 1 fully saturated rings. The zero-order chi connectivity index (χ0) is 15.0. The van der Waals surface area contributed by atoms with Crippen LogP contribution in [0, 0.1) is 5.41 Å². The molecule has 1 heterocycles. The first kappa shape index (κ1) is 17.0. The normalized spacial score (nSPS) is 21.8. The van der Waals surface area contributed by atoms with Gasteiger partial charge >= 0.3 is 0 Å². The molecule has 5 heteroatoms. The molecule has 1 rings (SSSR count). The average Bonchev–Trinajstić information content (AvgIpc) is 2.90. The Balaban J connectivity index is 2.40. The molecule has 0 bridgehead atoms. The number of carbonyl (C=O) groups is 2. The highest BCUT2D eigenvalue weighted by Crippen LogP contribution is 2.31. The van der Waals surface area contributed by atoms with Crippen molar-refractivity contribution in [2.75, 3.05) is 32.7 Å². The van der Waals surface area contributed by atoms with Crippen LogP contribution in [-0.4, -0.2) is 49.4 Å². The second kappa shape index (κ2) is 8.25. The van der Waals surface area contributed by atoms with E-state index in [9.17, 15) is 9.59 Å². The molecule has 1 atom stereocenters. The first-order valence-corrected chi connectivity index (χ1v) is 7.86. The van der Waals surface area contributed by atoms with Crippen molar-refractivity contribution in [3.63, 3.8) is 0 Å². The van der Waals surface area contributed by atoms with Crippen LogP contribution in [0.5, 0.6) is 0 Å².